The van der Waals surface area contributed by atoms with Gasteiger partial charge in [0.05, 0.1) is 0 Å². The number of amides is 2. The van der Waals surface area contributed by atoms with E-state index in [1.807, 2.05) is 0 Å². The number of hydrogen-bond donors (Lipinski definition) is 3. The fraction of sp³-hybridized carbons (Fsp3) is 0.500. The normalized spacial score (nSPS) is 11.2. The van der Waals surface area contributed by atoms with Gasteiger partial charge < -0.3 is 16.4 Å². The molecule has 2 amide bonds. The van der Waals surface area contributed by atoms with Crippen molar-refractivity contribution in [3.8, 4) is 0 Å². The van der Waals surface area contributed by atoms with E-state index in [0.29, 0.717) is 18.8 Å². The van der Waals surface area contributed by atoms with Crippen LogP contribution in [0.4, 0.5) is 14.9 Å². The third kappa shape index (κ3) is 6.20. The number of rotatable bonds is 6. The van der Waals surface area contributed by atoms with Crippen molar-refractivity contribution in [2.75, 3.05) is 18.4 Å². The third-order valence-corrected chi connectivity index (χ3v) is 2.87. The van der Waals surface area contributed by atoms with Crippen LogP contribution in [0.25, 0.3) is 0 Å². The zero-order chi connectivity index (χ0) is 14.3. The second-order valence-corrected chi connectivity index (χ2v) is 5.37. The van der Waals surface area contributed by atoms with Crippen LogP contribution in [0.15, 0.2) is 24.3 Å². The van der Waals surface area contributed by atoms with Crippen LogP contribution in [0.5, 0.6) is 0 Å². The Bertz CT molecular complexity index is 421. The van der Waals surface area contributed by atoms with E-state index in [0.717, 1.165) is 12.8 Å². The van der Waals surface area contributed by atoms with E-state index in [9.17, 15) is 9.18 Å². The van der Waals surface area contributed by atoms with Gasteiger partial charge in [-0.2, -0.15) is 0 Å². The maximum absolute atomic E-state index is 12.9. The molecule has 0 aliphatic heterocycles. The van der Waals surface area contributed by atoms with Gasteiger partial charge >= 0.3 is 6.03 Å². The molecule has 0 radical (unpaired) electrons. The molecule has 0 saturated heterocycles. The van der Waals surface area contributed by atoms with Gasteiger partial charge in [0, 0.05) is 12.2 Å². The lowest BCUT2D eigenvalue weighted by Gasteiger charge is -2.24. The molecule has 1 aromatic rings. The Kier molecular flexibility index (Phi) is 5.76. The van der Waals surface area contributed by atoms with Gasteiger partial charge in [0.15, 0.2) is 0 Å². The Balaban J connectivity index is 2.39. The van der Waals surface area contributed by atoms with Crippen molar-refractivity contribution in [2.45, 2.75) is 26.7 Å². The highest BCUT2D eigenvalue weighted by Gasteiger charge is 2.18. The van der Waals surface area contributed by atoms with Gasteiger partial charge in [-0.1, -0.05) is 19.9 Å². The average molecular weight is 267 g/mol. The standard InChI is InChI=1S/C14H22FN3O/c1-14(2,7-4-8-16)10-17-13(19)18-12-6-3-5-11(15)9-12/h3,5-6,9H,4,7-8,10,16H2,1-2H3,(H2,17,18,19). The van der Waals surface area contributed by atoms with Gasteiger partial charge in [-0.15, -0.1) is 0 Å². The maximum Gasteiger partial charge on any atom is 0.319 e. The van der Waals surface area contributed by atoms with Gasteiger partial charge in [-0.3, -0.25) is 0 Å². The minimum absolute atomic E-state index is 0.00134. The summed E-state index contributed by atoms with van der Waals surface area (Å²) >= 11 is 0. The first-order valence-electron chi connectivity index (χ1n) is 6.43. The van der Waals surface area contributed by atoms with Crippen molar-refractivity contribution in [3.63, 3.8) is 0 Å². The molecule has 5 heteroatoms. The number of nitrogens with two attached hydrogens (primary N) is 1. The van der Waals surface area contributed by atoms with Gasteiger partial charge in [0.25, 0.3) is 0 Å². The van der Waals surface area contributed by atoms with Crippen molar-refractivity contribution >= 4 is 11.7 Å². The molecule has 0 bridgehead atoms. The third-order valence-electron chi connectivity index (χ3n) is 2.87. The quantitative estimate of drug-likeness (QED) is 0.742. The molecule has 4 N–H and O–H groups in total. The highest BCUT2D eigenvalue weighted by Crippen LogP contribution is 2.20. The summed E-state index contributed by atoms with van der Waals surface area (Å²) in [6.07, 6.45) is 1.88. The fourth-order valence-corrected chi connectivity index (χ4v) is 1.73. The molecule has 0 aromatic heterocycles. The Morgan fingerprint density at radius 1 is 1.42 bits per heavy atom. The molecular weight excluding hydrogens is 245 g/mol. The fourth-order valence-electron chi connectivity index (χ4n) is 1.73. The number of urea groups is 1. The number of halogens is 1. The topological polar surface area (TPSA) is 67.1 Å². The number of anilines is 1. The summed E-state index contributed by atoms with van der Waals surface area (Å²) in [6.45, 7) is 5.35. The Morgan fingerprint density at radius 2 is 2.16 bits per heavy atom. The highest BCUT2D eigenvalue weighted by molar-refractivity contribution is 5.89. The van der Waals surface area contributed by atoms with Gasteiger partial charge in [-0.25, -0.2) is 9.18 Å². The summed E-state index contributed by atoms with van der Waals surface area (Å²) in [5.41, 5.74) is 5.91. The van der Waals surface area contributed by atoms with Crippen LogP contribution in [0.1, 0.15) is 26.7 Å². The van der Waals surface area contributed by atoms with Crippen LogP contribution in [0.2, 0.25) is 0 Å². The predicted molar refractivity (Wildman–Crippen MR) is 75.5 cm³/mol. The van der Waals surface area contributed by atoms with E-state index in [4.69, 9.17) is 5.73 Å². The largest absolute Gasteiger partial charge is 0.337 e. The average Bonchev–Trinajstić information content (AvgIpc) is 2.34. The first kappa shape index (κ1) is 15.4. The molecule has 0 heterocycles. The molecule has 1 aromatic carbocycles. The molecule has 0 saturated carbocycles. The van der Waals surface area contributed by atoms with Crippen molar-refractivity contribution in [2.24, 2.45) is 11.1 Å². The molecule has 0 spiro atoms. The lowest BCUT2D eigenvalue weighted by Crippen LogP contribution is -2.37. The van der Waals surface area contributed by atoms with Crippen molar-refractivity contribution in [1.82, 2.24) is 5.32 Å². The van der Waals surface area contributed by atoms with E-state index < -0.39 is 0 Å². The lowest BCUT2D eigenvalue weighted by atomic mass is 9.88. The van der Waals surface area contributed by atoms with Gasteiger partial charge in [0.1, 0.15) is 5.82 Å². The minimum Gasteiger partial charge on any atom is -0.337 e. The lowest BCUT2D eigenvalue weighted by molar-refractivity contribution is 0.242. The number of nitrogens with one attached hydrogen (secondary N) is 2. The number of hydrogen-bond acceptors (Lipinski definition) is 2. The van der Waals surface area contributed by atoms with Gasteiger partial charge in [-0.05, 0) is 43.0 Å². The number of carbonyl (C=O) groups is 1. The molecule has 0 aliphatic carbocycles. The van der Waals surface area contributed by atoms with Crippen LogP contribution in [0, 0.1) is 11.2 Å². The summed E-state index contributed by atoms with van der Waals surface area (Å²) in [6, 6.07) is 5.47. The van der Waals surface area contributed by atoms with E-state index in [-0.39, 0.29) is 17.3 Å². The molecule has 0 fully saturated rings. The molecule has 1 rings (SSSR count). The predicted octanol–water partition coefficient (Wildman–Crippen LogP) is 2.71. The molecule has 106 valence electrons. The minimum atomic E-state index is -0.374. The number of benzene rings is 1. The summed E-state index contributed by atoms with van der Waals surface area (Å²) in [5, 5.41) is 5.38. The Hall–Kier alpha value is -1.62. The zero-order valence-electron chi connectivity index (χ0n) is 11.5. The maximum atomic E-state index is 12.9. The molecular formula is C14H22FN3O. The Morgan fingerprint density at radius 3 is 2.79 bits per heavy atom. The van der Waals surface area contributed by atoms with Crippen molar-refractivity contribution in [1.29, 1.82) is 0 Å². The second kappa shape index (κ2) is 7.09. The summed E-state index contributed by atoms with van der Waals surface area (Å²) in [4.78, 5) is 11.7. The van der Waals surface area contributed by atoms with Crippen LogP contribution in [-0.2, 0) is 0 Å². The SMILES string of the molecule is CC(C)(CCCN)CNC(=O)Nc1cccc(F)c1. The van der Waals surface area contributed by atoms with Crippen molar-refractivity contribution in [3.05, 3.63) is 30.1 Å². The summed E-state index contributed by atoms with van der Waals surface area (Å²) in [5.74, 6) is -0.374. The molecule has 4 nitrogen and oxygen atoms in total. The van der Waals surface area contributed by atoms with Crippen molar-refractivity contribution < 1.29 is 9.18 Å². The number of carbonyl (C=O) groups excluding carboxylic acids is 1. The monoisotopic (exact) mass is 267 g/mol. The molecule has 0 unspecified atom stereocenters. The molecule has 0 atom stereocenters. The molecule has 0 aliphatic rings. The van der Waals surface area contributed by atoms with Crippen LogP contribution in [0.3, 0.4) is 0 Å². The first-order valence-corrected chi connectivity index (χ1v) is 6.43. The van der Waals surface area contributed by atoms with Gasteiger partial charge in [0.2, 0.25) is 0 Å². The summed E-state index contributed by atoms with van der Waals surface area (Å²) in [7, 11) is 0. The van der Waals surface area contributed by atoms with Crippen LogP contribution in [-0.4, -0.2) is 19.1 Å². The van der Waals surface area contributed by atoms with Crippen LogP contribution < -0.4 is 16.4 Å². The smallest absolute Gasteiger partial charge is 0.319 e. The molecule has 19 heavy (non-hydrogen) atoms. The van der Waals surface area contributed by atoms with E-state index in [1.54, 1.807) is 12.1 Å². The van der Waals surface area contributed by atoms with Crippen LogP contribution >= 0.6 is 0 Å². The van der Waals surface area contributed by atoms with E-state index in [2.05, 4.69) is 24.5 Å². The highest BCUT2D eigenvalue weighted by atomic mass is 19.1. The first-order chi connectivity index (χ1) is 8.93. The van der Waals surface area contributed by atoms with E-state index >= 15 is 0 Å². The Labute approximate surface area is 113 Å². The van der Waals surface area contributed by atoms with E-state index in [1.165, 1.54) is 12.1 Å². The summed E-state index contributed by atoms with van der Waals surface area (Å²) < 4.78 is 12.9. The zero-order valence-corrected chi connectivity index (χ0v) is 11.5. The second-order valence-electron chi connectivity index (χ2n) is 5.37.